The van der Waals surface area contributed by atoms with Crippen molar-refractivity contribution in [1.82, 2.24) is 14.9 Å². The van der Waals surface area contributed by atoms with Crippen molar-refractivity contribution >= 4 is 17.6 Å². The lowest BCUT2D eigenvalue weighted by Crippen LogP contribution is -2.51. The first-order chi connectivity index (χ1) is 11.1. The highest BCUT2D eigenvalue weighted by atomic mass is 16.2. The van der Waals surface area contributed by atoms with Crippen LogP contribution in [0.1, 0.15) is 39.5 Å². The number of unbranched alkanes of at least 4 members (excludes halogenated alkanes) is 2. The molecule has 2 heterocycles. The summed E-state index contributed by atoms with van der Waals surface area (Å²) in [5, 5.41) is 0. The highest BCUT2D eigenvalue weighted by Gasteiger charge is 2.30. The Bertz CT molecular complexity index is 513. The molecule has 6 nitrogen and oxygen atoms in total. The largest absolute Gasteiger partial charge is 0.339 e. The van der Waals surface area contributed by atoms with Gasteiger partial charge in [-0.05, 0) is 19.4 Å². The molecule has 0 unspecified atom stereocenters. The number of piperazine rings is 1. The van der Waals surface area contributed by atoms with Gasteiger partial charge in [-0.2, -0.15) is 0 Å². The minimum absolute atomic E-state index is 0.0118. The van der Waals surface area contributed by atoms with Crippen LogP contribution < -0.4 is 4.90 Å². The fourth-order valence-electron chi connectivity index (χ4n) is 2.90. The quantitative estimate of drug-likeness (QED) is 0.567. The van der Waals surface area contributed by atoms with Crippen LogP contribution in [0.25, 0.3) is 0 Å². The van der Waals surface area contributed by atoms with Gasteiger partial charge in [-0.15, -0.1) is 0 Å². The maximum absolute atomic E-state index is 12.6. The number of nitrogens with zero attached hydrogens (tertiary/aromatic N) is 4. The molecule has 0 saturated carbocycles. The van der Waals surface area contributed by atoms with E-state index in [1.807, 2.05) is 4.90 Å². The molecule has 0 aliphatic carbocycles. The van der Waals surface area contributed by atoms with Crippen LogP contribution in [-0.2, 0) is 9.59 Å². The monoisotopic (exact) mass is 318 g/mol. The maximum atomic E-state index is 12.6. The summed E-state index contributed by atoms with van der Waals surface area (Å²) in [5.74, 6) is 0.203. The molecule has 6 heteroatoms. The predicted molar refractivity (Wildman–Crippen MR) is 89.1 cm³/mol. The second kappa shape index (κ2) is 8.60. The lowest BCUT2D eigenvalue weighted by atomic mass is 9.95. The lowest BCUT2D eigenvalue weighted by molar-refractivity contribution is -0.141. The molecule has 0 spiro atoms. The van der Waals surface area contributed by atoms with E-state index < -0.39 is 5.92 Å². The summed E-state index contributed by atoms with van der Waals surface area (Å²) < 4.78 is 0. The minimum atomic E-state index is -0.471. The number of hydrogen-bond donors (Lipinski definition) is 0. The average Bonchev–Trinajstić information content (AvgIpc) is 2.59. The molecule has 0 aromatic carbocycles. The van der Waals surface area contributed by atoms with E-state index in [-0.39, 0.29) is 11.7 Å². The molecule has 1 aliphatic rings. The third kappa shape index (κ3) is 4.74. The minimum Gasteiger partial charge on any atom is -0.339 e. The zero-order valence-corrected chi connectivity index (χ0v) is 14.1. The van der Waals surface area contributed by atoms with Crippen molar-refractivity contribution in [3.8, 4) is 0 Å². The molecule has 0 radical (unpaired) electrons. The van der Waals surface area contributed by atoms with Crippen molar-refractivity contribution in [2.45, 2.75) is 39.5 Å². The molecule has 126 valence electrons. The van der Waals surface area contributed by atoms with Crippen LogP contribution >= 0.6 is 0 Å². The number of hydrogen-bond acceptors (Lipinski definition) is 5. The van der Waals surface area contributed by atoms with Gasteiger partial charge >= 0.3 is 0 Å². The molecule has 1 atom stereocenters. The summed E-state index contributed by atoms with van der Waals surface area (Å²) >= 11 is 0. The van der Waals surface area contributed by atoms with Crippen LogP contribution in [-0.4, -0.2) is 52.7 Å². The van der Waals surface area contributed by atoms with Crippen molar-refractivity contribution in [2.24, 2.45) is 5.92 Å². The molecule has 1 amide bonds. The number of aromatic nitrogens is 2. The smallest absolute Gasteiger partial charge is 0.233 e. The van der Waals surface area contributed by atoms with E-state index >= 15 is 0 Å². The molecule has 1 saturated heterocycles. The second-order valence-corrected chi connectivity index (χ2v) is 6.02. The molecule has 23 heavy (non-hydrogen) atoms. The van der Waals surface area contributed by atoms with Crippen molar-refractivity contribution in [2.75, 3.05) is 31.1 Å². The van der Waals surface area contributed by atoms with Crippen molar-refractivity contribution in [3.63, 3.8) is 0 Å². The van der Waals surface area contributed by atoms with Gasteiger partial charge in [-0.1, -0.05) is 26.2 Å². The third-order valence-corrected chi connectivity index (χ3v) is 4.31. The van der Waals surface area contributed by atoms with E-state index in [0.29, 0.717) is 38.5 Å². The number of Topliss-reactive ketones (excluding diaryl/α,β-unsaturated/α-hetero) is 1. The zero-order chi connectivity index (χ0) is 16.7. The Kier molecular flexibility index (Phi) is 6.50. The Balaban J connectivity index is 1.89. The maximum Gasteiger partial charge on any atom is 0.233 e. The molecular weight excluding hydrogens is 292 g/mol. The topological polar surface area (TPSA) is 66.4 Å². The summed E-state index contributed by atoms with van der Waals surface area (Å²) in [7, 11) is 0. The summed E-state index contributed by atoms with van der Waals surface area (Å²) in [4.78, 5) is 36.8. The van der Waals surface area contributed by atoms with E-state index in [4.69, 9.17) is 0 Å². The summed E-state index contributed by atoms with van der Waals surface area (Å²) in [5.41, 5.74) is 0. The lowest BCUT2D eigenvalue weighted by Gasteiger charge is -2.36. The van der Waals surface area contributed by atoms with Crippen molar-refractivity contribution < 1.29 is 9.59 Å². The van der Waals surface area contributed by atoms with Crippen LogP contribution in [0.2, 0.25) is 0 Å². The Morgan fingerprint density at radius 2 is 1.78 bits per heavy atom. The number of rotatable bonds is 7. The highest BCUT2D eigenvalue weighted by molar-refractivity contribution is 6.00. The summed E-state index contributed by atoms with van der Waals surface area (Å²) in [6.45, 7) is 6.30. The second-order valence-electron chi connectivity index (χ2n) is 6.02. The van der Waals surface area contributed by atoms with Gasteiger partial charge < -0.3 is 9.80 Å². The van der Waals surface area contributed by atoms with E-state index in [0.717, 1.165) is 19.3 Å². The number of ketones is 1. The molecule has 1 aromatic rings. The van der Waals surface area contributed by atoms with Crippen LogP contribution in [0.5, 0.6) is 0 Å². The SMILES string of the molecule is CCCCC[C@H](C(C)=O)C(=O)N1CCN(c2ncccn2)CC1. The Morgan fingerprint density at radius 1 is 1.13 bits per heavy atom. The van der Waals surface area contributed by atoms with Gasteiger partial charge in [0.15, 0.2) is 0 Å². The molecular formula is C17H26N4O2. The van der Waals surface area contributed by atoms with Crippen LogP contribution in [0.3, 0.4) is 0 Å². The molecule has 0 bridgehead atoms. The van der Waals surface area contributed by atoms with Gasteiger partial charge in [0.1, 0.15) is 5.78 Å². The van der Waals surface area contributed by atoms with Gasteiger partial charge in [-0.25, -0.2) is 9.97 Å². The van der Waals surface area contributed by atoms with E-state index in [1.54, 1.807) is 18.5 Å². The van der Waals surface area contributed by atoms with E-state index in [9.17, 15) is 9.59 Å². The average molecular weight is 318 g/mol. The normalized spacial score (nSPS) is 16.3. The fraction of sp³-hybridized carbons (Fsp3) is 0.647. The van der Waals surface area contributed by atoms with Crippen molar-refractivity contribution in [3.05, 3.63) is 18.5 Å². The molecule has 2 rings (SSSR count). The standard InChI is InChI=1S/C17H26N4O2/c1-3-4-5-7-15(14(2)22)16(23)20-10-12-21(13-11-20)17-18-8-6-9-19-17/h6,8-9,15H,3-5,7,10-13H2,1-2H3/t15-/m1/s1. The van der Waals surface area contributed by atoms with Gasteiger partial charge in [0.2, 0.25) is 11.9 Å². The van der Waals surface area contributed by atoms with Gasteiger partial charge in [0.25, 0.3) is 0 Å². The molecule has 0 N–H and O–H groups in total. The van der Waals surface area contributed by atoms with Crippen molar-refractivity contribution in [1.29, 1.82) is 0 Å². The zero-order valence-electron chi connectivity index (χ0n) is 14.1. The Morgan fingerprint density at radius 3 is 2.35 bits per heavy atom. The number of carbonyl (C=O) groups excluding carboxylic acids is 2. The van der Waals surface area contributed by atoms with E-state index in [2.05, 4.69) is 21.8 Å². The summed E-state index contributed by atoms with van der Waals surface area (Å²) in [6.07, 6.45) is 7.21. The molecule has 1 aliphatic heterocycles. The molecule has 1 aromatic heterocycles. The Hall–Kier alpha value is -1.98. The van der Waals surface area contributed by atoms with Crippen LogP contribution in [0.15, 0.2) is 18.5 Å². The first-order valence-corrected chi connectivity index (χ1v) is 8.44. The van der Waals surface area contributed by atoms with Gasteiger partial charge in [0.05, 0.1) is 5.92 Å². The van der Waals surface area contributed by atoms with Gasteiger partial charge in [-0.3, -0.25) is 9.59 Å². The fourth-order valence-corrected chi connectivity index (χ4v) is 2.90. The van der Waals surface area contributed by atoms with Crippen LogP contribution in [0, 0.1) is 5.92 Å². The van der Waals surface area contributed by atoms with Crippen LogP contribution in [0.4, 0.5) is 5.95 Å². The summed E-state index contributed by atoms with van der Waals surface area (Å²) in [6, 6.07) is 1.79. The number of carbonyl (C=O) groups is 2. The first kappa shape index (κ1) is 17.4. The number of anilines is 1. The van der Waals surface area contributed by atoms with Gasteiger partial charge in [0, 0.05) is 38.6 Å². The third-order valence-electron chi connectivity index (χ3n) is 4.31. The van der Waals surface area contributed by atoms with E-state index in [1.165, 1.54) is 6.92 Å². The highest BCUT2D eigenvalue weighted by Crippen LogP contribution is 2.17. The number of amides is 1. The molecule has 1 fully saturated rings. The predicted octanol–water partition coefficient (Wildman–Crippen LogP) is 1.91. The first-order valence-electron chi connectivity index (χ1n) is 8.44. The Labute approximate surface area is 137 Å².